The molecule has 0 radical (unpaired) electrons. The van der Waals surface area contributed by atoms with Crippen LogP contribution in [0, 0.1) is 10.1 Å². The average Bonchev–Trinajstić information content (AvgIpc) is 2.65. The third-order valence-corrected chi connectivity index (χ3v) is 6.67. The third-order valence-electron chi connectivity index (χ3n) is 3.84. The Morgan fingerprint density at radius 3 is 2.39 bits per heavy atom. The molecule has 0 unspecified atom stereocenters. The molecular formula is C17H18Cl2N4O4S. The van der Waals surface area contributed by atoms with E-state index in [1.807, 2.05) is 0 Å². The quantitative estimate of drug-likeness (QED) is 0.369. The van der Waals surface area contributed by atoms with Crippen molar-refractivity contribution in [2.45, 2.75) is 18.7 Å². The van der Waals surface area contributed by atoms with Gasteiger partial charge in [0.2, 0.25) is 10.0 Å². The number of sulfonamides is 1. The van der Waals surface area contributed by atoms with Gasteiger partial charge >= 0.3 is 0 Å². The van der Waals surface area contributed by atoms with Crippen molar-refractivity contribution < 1.29 is 13.3 Å². The van der Waals surface area contributed by atoms with Gasteiger partial charge in [0.05, 0.1) is 26.9 Å². The molecule has 0 aromatic heterocycles. The highest BCUT2D eigenvalue weighted by atomic mass is 35.5. The maximum atomic E-state index is 12.9. The van der Waals surface area contributed by atoms with Gasteiger partial charge in [0.1, 0.15) is 4.90 Å². The summed E-state index contributed by atoms with van der Waals surface area (Å²) in [6.45, 7) is 3.84. The van der Waals surface area contributed by atoms with E-state index in [9.17, 15) is 18.5 Å². The molecule has 0 saturated carbocycles. The second-order valence-electron chi connectivity index (χ2n) is 5.57. The lowest BCUT2D eigenvalue weighted by molar-refractivity contribution is -0.385. The van der Waals surface area contributed by atoms with Crippen LogP contribution in [0.25, 0.3) is 0 Å². The first-order valence-electron chi connectivity index (χ1n) is 8.23. The Morgan fingerprint density at radius 2 is 1.82 bits per heavy atom. The second-order valence-corrected chi connectivity index (χ2v) is 8.29. The summed E-state index contributed by atoms with van der Waals surface area (Å²) < 4.78 is 27.0. The largest absolute Gasteiger partial charge is 0.277 e. The SMILES string of the molecule is CCN(CC)S(=O)(=O)c1cc([N+](=O)[O-])ccc1NN=Cc1ccc(Cl)c(Cl)c1. The second kappa shape index (κ2) is 9.33. The van der Waals surface area contributed by atoms with Gasteiger partial charge in [-0.3, -0.25) is 15.5 Å². The summed E-state index contributed by atoms with van der Waals surface area (Å²) in [5.74, 6) is 0. The lowest BCUT2D eigenvalue weighted by atomic mass is 10.2. The van der Waals surface area contributed by atoms with Crippen LogP contribution in [0.3, 0.4) is 0 Å². The van der Waals surface area contributed by atoms with Crippen LogP contribution >= 0.6 is 23.2 Å². The number of hydrogen-bond acceptors (Lipinski definition) is 6. The monoisotopic (exact) mass is 444 g/mol. The topological polar surface area (TPSA) is 105 Å². The Bertz CT molecular complexity index is 1010. The Balaban J connectivity index is 2.41. The van der Waals surface area contributed by atoms with Crippen LogP contribution < -0.4 is 5.43 Å². The summed E-state index contributed by atoms with van der Waals surface area (Å²) >= 11 is 11.8. The Hall–Kier alpha value is -2.20. The number of nitro groups is 1. The van der Waals surface area contributed by atoms with Crippen molar-refractivity contribution in [2.24, 2.45) is 5.10 Å². The summed E-state index contributed by atoms with van der Waals surface area (Å²) in [6.07, 6.45) is 1.43. The summed E-state index contributed by atoms with van der Waals surface area (Å²) in [5, 5.41) is 15.8. The number of hydrazone groups is 1. The van der Waals surface area contributed by atoms with E-state index in [0.29, 0.717) is 15.6 Å². The average molecular weight is 445 g/mol. The minimum atomic E-state index is -3.94. The zero-order valence-corrected chi connectivity index (χ0v) is 17.4. The molecule has 0 amide bonds. The van der Waals surface area contributed by atoms with Crippen molar-refractivity contribution in [3.8, 4) is 0 Å². The molecule has 2 aromatic carbocycles. The van der Waals surface area contributed by atoms with Crippen molar-refractivity contribution in [3.05, 3.63) is 62.1 Å². The lowest BCUT2D eigenvalue weighted by Crippen LogP contribution is -2.31. The molecule has 0 bridgehead atoms. The molecule has 8 nitrogen and oxygen atoms in total. The van der Waals surface area contributed by atoms with Crippen LogP contribution in [0.1, 0.15) is 19.4 Å². The lowest BCUT2D eigenvalue weighted by Gasteiger charge is -2.20. The molecule has 0 saturated heterocycles. The van der Waals surface area contributed by atoms with E-state index >= 15 is 0 Å². The summed E-state index contributed by atoms with van der Waals surface area (Å²) in [6, 6.07) is 8.41. The predicted molar refractivity (Wildman–Crippen MR) is 111 cm³/mol. The number of nitrogens with one attached hydrogen (secondary N) is 1. The van der Waals surface area contributed by atoms with E-state index in [2.05, 4.69) is 10.5 Å². The first-order chi connectivity index (χ1) is 13.2. The van der Waals surface area contributed by atoms with E-state index < -0.39 is 14.9 Å². The molecule has 2 aromatic rings. The van der Waals surface area contributed by atoms with Crippen LogP contribution in [0.5, 0.6) is 0 Å². The molecule has 2 rings (SSSR count). The molecular weight excluding hydrogens is 427 g/mol. The van der Waals surface area contributed by atoms with Crippen LogP contribution in [-0.2, 0) is 10.0 Å². The minimum Gasteiger partial charge on any atom is -0.277 e. The van der Waals surface area contributed by atoms with Crippen molar-refractivity contribution in [2.75, 3.05) is 18.5 Å². The fraction of sp³-hybridized carbons (Fsp3) is 0.235. The van der Waals surface area contributed by atoms with E-state index in [1.54, 1.807) is 32.0 Å². The van der Waals surface area contributed by atoms with Crippen molar-refractivity contribution in [1.82, 2.24) is 4.31 Å². The van der Waals surface area contributed by atoms with Crippen molar-refractivity contribution >= 4 is 50.8 Å². The molecule has 0 heterocycles. The van der Waals surface area contributed by atoms with Gasteiger partial charge in [0, 0.05) is 25.2 Å². The van der Waals surface area contributed by atoms with Gasteiger partial charge in [-0.05, 0) is 23.8 Å². The van der Waals surface area contributed by atoms with Crippen LogP contribution in [0.15, 0.2) is 46.4 Å². The molecule has 0 fully saturated rings. The number of anilines is 1. The predicted octanol–water partition coefficient (Wildman–Crippen LogP) is 4.38. The van der Waals surface area contributed by atoms with Gasteiger partial charge < -0.3 is 0 Å². The summed E-state index contributed by atoms with van der Waals surface area (Å²) in [5.41, 5.74) is 3.06. The number of halogens is 2. The number of rotatable bonds is 8. The van der Waals surface area contributed by atoms with Crippen LogP contribution in [-0.4, -0.2) is 37.0 Å². The van der Waals surface area contributed by atoms with E-state index in [0.717, 1.165) is 6.07 Å². The van der Waals surface area contributed by atoms with Gasteiger partial charge in [-0.1, -0.05) is 43.1 Å². The normalized spacial score (nSPS) is 11.9. The maximum absolute atomic E-state index is 12.9. The van der Waals surface area contributed by atoms with Gasteiger partial charge in [-0.15, -0.1) is 0 Å². The van der Waals surface area contributed by atoms with Crippen molar-refractivity contribution in [1.29, 1.82) is 0 Å². The van der Waals surface area contributed by atoms with Gasteiger partial charge in [0.15, 0.2) is 0 Å². The molecule has 11 heteroatoms. The summed E-state index contributed by atoms with van der Waals surface area (Å²) in [7, 11) is -3.94. The van der Waals surface area contributed by atoms with Gasteiger partial charge in [0.25, 0.3) is 5.69 Å². The highest BCUT2D eigenvalue weighted by molar-refractivity contribution is 7.89. The Labute approximate surface area is 173 Å². The highest BCUT2D eigenvalue weighted by Gasteiger charge is 2.27. The standard InChI is InChI=1S/C17H18Cl2N4O4S/c1-3-22(4-2)28(26,27)17-10-13(23(24)25)6-8-16(17)21-20-11-12-5-7-14(18)15(19)9-12/h5-11,21H,3-4H2,1-2H3. The number of nitrogens with zero attached hydrogens (tertiary/aromatic N) is 3. The molecule has 1 N–H and O–H groups in total. The van der Waals surface area contributed by atoms with E-state index in [-0.39, 0.29) is 29.4 Å². The fourth-order valence-corrected chi connectivity index (χ4v) is 4.33. The first-order valence-corrected chi connectivity index (χ1v) is 10.4. The molecule has 0 aliphatic rings. The number of benzene rings is 2. The zero-order valence-electron chi connectivity index (χ0n) is 15.1. The van der Waals surface area contributed by atoms with Crippen LogP contribution in [0.2, 0.25) is 10.0 Å². The van der Waals surface area contributed by atoms with Crippen LogP contribution in [0.4, 0.5) is 11.4 Å². The summed E-state index contributed by atoms with van der Waals surface area (Å²) in [4.78, 5) is 10.2. The van der Waals surface area contributed by atoms with E-state index in [1.165, 1.54) is 22.7 Å². The number of nitro benzene ring substituents is 1. The van der Waals surface area contributed by atoms with Gasteiger partial charge in [-0.2, -0.15) is 9.41 Å². The highest BCUT2D eigenvalue weighted by Crippen LogP contribution is 2.29. The molecule has 28 heavy (non-hydrogen) atoms. The molecule has 0 aliphatic heterocycles. The minimum absolute atomic E-state index is 0.119. The van der Waals surface area contributed by atoms with E-state index in [4.69, 9.17) is 23.2 Å². The fourth-order valence-electron chi connectivity index (χ4n) is 2.40. The number of hydrogen-bond donors (Lipinski definition) is 1. The molecule has 0 spiro atoms. The molecule has 0 atom stereocenters. The maximum Gasteiger partial charge on any atom is 0.270 e. The smallest absolute Gasteiger partial charge is 0.270 e. The Kier molecular flexibility index (Phi) is 7.36. The number of non-ortho nitro benzene ring substituents is 1. The third kappa shape index (κ3) is 4.99. The Morgan fingerprint density at radius 1 is 1.14 bits per heavy atom. The van der Waals surface area contributed by atoms with Gasteiger partial charge in [-0.25, -0.2) is 8.42 Å². The molecule has 150 valence electrons. The van der Waals surface area contributed by atoms with Crippen molar-refractivity contribution in [3.63, 3.8) is 0 Å². The molecule has 0 aliphatic carbocycles. The first kappa shape index (κ1) is 22.1. The zero-order chi connectivity index (χ0) is 20.9.